The van der Waals surface area contributed by atoms with Crippen molar-refractivity contribution in [2.45, 2.75) is 58.5 Å². The third kappa shape index (κ3) is 1.84. The minimum atomic E-state index is -0.196. The number of carbonyl (C=O) groups is 1. The Morgan fingerprint density at radius 1 is 1.19 bits per heavy atom. The maximum absolute atomic E-state index is 11.7. The first kappa shape index (κ1) is 13.8. The summed E-state index contributed by atoms with van der Waals surface area (Å²) >= 11 is 0. The number of aliphatic hydroxyl groups is 1. The van der Waals surface area contributed by atoms with Crippen LogP contribution in [0.5, 0.6) is 0 Å². The van der Waals surface area contributed by atoms with Crippen molar-refractivity contribution in [2.75, 3.05) is 0 Å². The van der Waals surface area contributed by atoms with E-state index in [4.69, 9.17) is 0 Å². The zero-order valence-corrected chi connectivity index (χ0v) is 13.1. The first-order valence-corrected chi connectivity index (χ1v) is 8.64. The summed E-state index contributed by atoms with van der Waals surface area (Å²) in [7, 11) is 0. The number of hydrogen-bond acceptors (Lipinski definition) is 2. The number of aliphatic hydroxyl groups excluding tert-OH is 1. The van der Waals surface area contributed by atoms with Gasteiger partial charge in [-0.05, 0) is 55.9 Å². The van der Waals surface area contributed by atoms with E-state index in [0.29, 0.717) is 23.5 Å². The zero-order chi connectivity index (χ0) is 14.8. The lowest BCUT2D eigenvalue weighted by Gasteiger charge is -2.51. The molecule has 6 atom stereocenters. The summed E-state index contributed by atoms with van der Waals surface area (Å²) in [5, 5.41) is 10.6. The molecular weight excluding hydrogens is 260 g/mol. The molecule has 0 spiro atoms. The molecule has 0 aromatic rings. The minimum absolute atomic E-state index is 0.0201. The summed E-state index contributed by atoms with van der Waals surface area (Å²) in [6.45, 7) is 4.43. The number of ketones is 1. The molecule has 0 heterocycles. The van der Waals surface area contributed by atoms with Gasteiger partial charge in [-0.15, -0.1) is 0 Å². The van der Waals surface area contributed by atoms with Crippen molar-refractivity contribution in [3.05, 3.63) is 23.3 Å². The van der Waals surface area contributed by atoms with Gasteiger partial charge in [-0.25, -0.2) is 0 Å². The van der Waals surface area contributed by atoms with Crippen molar-refractivity contribution in [3.8, 4) is 0 Å². The molecule has 0 saturated heterocycles. The summed E-state index contributed by atoms with van der Waals surface area (Å²) < 4.78 is 0. The van der Waals surface area contributed by atoms with Crippen LogP contribution in [0.3, 0.4) is 0 Å². The van der Waals surface area contributed by atoms with Gasteiger partial charge >= 0.3 is 0 Å². The fourth-order valence-electron chi connectivity index (χ4n) is 5.84. The van der Waals surface area contributed by atoms with Gasteiger partial charge in [0.2, 0.25) is 0 Å². The van der Waals surface area contributed by atoms with E-state index in [1.807, 2.05) is 6.08 Å². The SMILES string of the molecule is C[C@H]1C=C2[C@@H]3CCC4=CC(=O)CC[C@@H]4[C@H]3CC[C@]2(C)[C@H]1O. The van der Waals surface area contributed by atoms with Gasteiger partial charge < -0.3 is 5.11 Å². The summed E-state index contributed by atoms with van der Waals surface area (Å²) in [6.07, 6.45) is 10.6. The lowest BCUT2D eigenvalue weighted by molar-refractivity contribution is -0.115. The van der Waals surface area contributed by atoms with Crippen LogP contribution in [0.2, 0.25) is 0 Å². The van der Waals surface area contributed by atoms with Crippen LogP contribution in [0.1, 0.15) is 52.4 Å². The molecule has 2 saturated carbocycles. The van der Waals surface area contributed by atoms with Gasteiger partial charge in [-0.1, -0.05) is 31.1 Å². The summed E-state index contributed by atoms with van der Waals surface area (Å²) in [6, 6.07) is 0. The molecule has 0 radical (unpaired) electrons. The highest BCUT2D eigenvalue weighted by atomic mass is 16.3. The van der Waals surface area contributed by atoms with E-state index in [2.05, 4.69) is 19.9 Å². The monoisotopic (exact) mass is 286 g/mol. The van der Waals surface area contributed by atoms with Gasteiger partial charge in [0.15, 0.2) is 5.78 Å². The van der Waals surface area contributed by atoms with Crippen LogP contribution in [0, 0.1) is 29.1 Å². The molecule has 2 heteroatoms. The molecule has 4 aliphatic rings. The van der Waals surface area contributed by atoms with E-state index in [1.54, 1.807) is 5.57 Å². The van der Waals surface area contributed by atoms with Crippen molar-refractivity contribution >= 4 is 5.78 Å². The van der Waals surface area contributed by atoms with Gasteiger partial charge in [0.1, 0.15) is 0 Å². The minimum Gasteiger partial charge on any atom is -0.392 e. The Hall–Kier alpha value is -0.890. The van der Waals surface area contributed by atoms with Crippen molar-refractivity contribution in [1.82, 2.24) is 0 Å². The summed E-state index contributed by atoms with van der Waals surface area (Å²) in [5.41, 5.74) is 3.00. The molecule has 1 N–H and O–H groups in total. The Morgan fingerprint density at radius 2 is 1.95 bits per heavy atom. The number of fused-ring (bicyclic) bond motifs is 5. The third-order valence-corrected chi connectivity index (χ3v) is 6.95. The van der Waals surface area contributed by atoms with Crippen molar-refractivity contribution in [2.24, 2.45) is 29.1 Å². The average molecular weight is 286 g/mol. The highest BCUT2D eigenvalue weighted by molar-refractivity contribution is 5.91. The molecular formula is C19H26O2. The number of rotatable bonds is 0. The Morgan fingerprint density at radius 3 is 2.76 bits per heavy atom. The van der Waals surface area contributed by atoms with Gasteiger partial charge in [-0.3, -0.25) is 4.79 Å². The Labute approximate surface area is 127 Å². The van der Waals surface area contributed by atoms with Crippen LogP contribution < -0.4 is 0 Å². The number of carbonyl (C=O) groups excluding carboxylic acids is 1. The smallest absolute Gasteiger partial charge is 0.155 e. The van der Waals surface area contributed by atoms with E-state index in [0.717, 1.165) is 31.6 Å². The lowest BCUT2D eigenvalue weighted by Crippen LogP contribution is -2.44. The normalized spacial score (nSPS) is 48.9. The molecule has 0 aromatic carbocycles. The Bertz CT molecular complexity index is 544. The largest absolute Gasteiger partial charge is 0.392 e. The van der Waals surface area contributed by atoms with Crippen LogP contribution >= 0.6 is 0 Å². The number of allylic oxidation sites excluding steroid dienone is 2. The van der Waals surface area contributed by atoms with Crippen molar-refractivity contribution < 1.29 is 9.90 Å². The predicted molar refractivity (Wildman–Crippen MR) is 82.6 cm³/mol. The molecule has 114 valence electrons. The average Bonchev–Trinajstić information content (AvgIpc) is 2.70. The van der Waals surface area contributed by atoms with E-state index >= 15 is 0 Å². The quantitative estimate of drug-likeness (QED) is 0.690. The maximum atomic E-state index is 11.7. The topological polar surface area (TPSA) is 37.3 Å². The standard InChI is InChI=1S/C19H26O2/c1-11-9-17-16-5-3-12-10-13(20)4-6-14(12)15(16)7-8-19(17,2)18(11)21/h9-11,14-16,18,21H,3-8H2,1-2H3/t11-,14-,15+,16+,18-,19-/m0/s1. The van der Waals surface area contributed by atoms with Gasteiger partial charge in [-0.2, -0.15) is 0 Å². The summed E-state index contributed by atoms with van der Waals surface area (Å²) in [5.74, 6) is 2.65. The molecule has 2 fully saturated rings. The van der Waals surface area contributed by atoms with E-state index < -0.39 is 0 Å². The molecule has 0 amide bonds. The fraction of sp³-hybridized carbons (Fsp3) is 0.737. The first-order chi connectivity index (χ1) is 10.0. The van der Waals surface area contributed by atoms with E-state index in [9.17, 15) is 9.90 Å². The molecule has 0 aromatic heterocycles. The second-order valence-corrected chi connectivity index (χ2v) is 8.02. The van der Waals surface area contributed by atoms with Gasteiger partial charge in [0.05, 0.1) is 6.10 Å². The lowest BCUT2D eigenvalue weighted by atomic mass is 9.54. The molecule has 0 unspecified atom stereocenters. The van der Waals surface area contributed by atoms with Gasteiger partial charge in [0.25, 0.3) is 0 Å². The maximum Gasteiger partial charge on any atom is 0.155 e. The Kier molecular flexibility index (Phi) is 2.98. The predicted octanol–water partition coefficient (Wildman–Crippen LogP) is 3.66. The molecule has 0 aliphatic heterocycles. The van der Waals surface area contributed by atoms with Crippen molar-refractivity contribution in [1.29, 1.82) is 0 Å². The third-order valence-electron chi connectivity index (χ3n) is 6.95. The summed E-state index contributed by atoms with van der Waals surface area (Å²) in [4.78, 5) is 11.7. The van der Waals surface area contributed by atoms with Crippen LogP contribution in [0.4, 0.5) is 0 Å². The fourth-order valence-corrected chi connectivity index (χ4v) is 5.84. The molecule has 4 aliphatic carbocycles. The highest BCUT2D eigenvalue weighted by Gasteiger charge is 2.53. The van der Waals surface area contributed by atoms with Gasteiger partial charge in [0, 0.05) is 17.8 Å². The van der Waals surface area contributed by atoms with Crippen LogP contribution in [0.25, 0.3) is 0 Å². The van der Waals surface area contributed by atoms with Crippen LogP contribution in [-0.2, 0) is 4.79 Å². The second kappa shape index (κ2) is 4.55. The molecule has 4 rings (SSSR count). The molecule has 0 bridgehead atoms. The second-order valence-electron chi connectivity index (χ2n) is 8.02. The first-order valence-electron chi connectivity index (χ1n) is 8.64. The van der Waals surface area contributed by atoms with Crippen LogP contribution in [-0.4, -0.2) is 17.0 Å². The number of hydrogen-bond donors (Lipinski definition) is 1. The zero-order valence-electron chi connectivity index (χ0n) is 13.1. The molecule has 21 heavy (non-hydrogen) atoms. The van der Waals surface area contributed by atoms with E-state index in [-0.39, 0.29) is 11.5 Å². The molecule has 2 nitrogen and oxygen atoms in total. The highest BCUT2D eigenvalue weighted by Crippen LogP contribution is 2.60. The van der Waals surface area contributed by atoms with E-state index in [1.165, 1.54) is 18.4 Å². The van der Waals surface area contributed by atoms with Crippen LogP contribution in [0.15, 0.2) is 23.3 Å². The Balaban J connectivity index is 1.68. The van der Waals surface area contributed by atoms with Crippen molar-refractivity contribution in [3.63, 3.8) is 0 Å².